The monoisotopic (exact) mass is 256 g/mol. The van der Waals surface area contributed by atoms with E-state index in [1.807, 2.05) is 6.92 Å². The Hall–Kier alpha value is -1.26. The fourth-order valence-corrected chi connectivity index (χ4v) is 2.10. The summed E-state index contributed by atoms with van der Waals surface area (Å²) < 4.78 is 0. The number of hydrogen-bond acceptors (Lipinski definition) is 2. The van der Waals surface area contributed by atoms with Gasteiger partial charge in [-0.1, -0.05) is 27.2 Å². The van der Waals surface area contributed by atoms with Crippen LogP contribution in [-0.4, -0.2) is 41.1 Å². The SMILES string of the molecule is CCC[C@@H](NC(=O)N1CCC(C)(C)CC1)C(=O)O. The Bertz CT molecular complexity index is 305. The summed E-state index contributed by atoms with van der Waals surface area (Å²) >= 11 is 0. The van der Waals surface area contributed by atoms with Crippen molar-refractivity contribution in [1.82, 2.24) is 10.2 Å². The van der Waals surface area contributed by atoms with Crippen LogP contribution in [0.5, 0.6) is 0 Å². The molecule has 0 aromatic rings. The van der Waals surface area contributed by atoms with E-state index in [1.54, 1.807) is 4.90 Å². The van der Waals surface area contributed by atoms with Gasteiger partial charge in [-0.3, -0.25) is 0 Å². The fourth-order valence-electron chi connectivity index (χ4n) is 2.10. The zero-order valence-corrected chi connectivity index (χ0v) is 11.5. The van der Waals surface area contributed by atoms with Crippen LogP contribution in [0.3, 0.4) is 0 Å². The Kier molecular flexibility index (Phi) is 4.99. The first-order valence-electron chi connectivity index (χ1n) is 6.64. The van der Waals surface area contributed by atoms with Gasteiger partial charge in [-0.2, -0.15) is 0 Å². The van der Waals surface area contributed by atoms with Crippen molar-refractivity contribution in [3.63, 3.8) is 0 Å². The highest BCUT2D eigenvalue weighted by atomic mass is 16.4. The van der Waals surface area contributed by atoms with Crippen LogP contribution < -0.4 is 5.32 Å². The molecule has 1 saturated heterocycles. The topological polar surface area (TPSA) is 69.6 Å². The molecule has 0 aromatic heterocycles. The van der Waals surface area contributed by atoms with Crippen LogP contribution in [0.1, 0.15) is 46.5 Å². The third-order valence-electron chi connectivity index (χ3n) is 3.58. The highest BCUT2D eigenvalue weighted by molar-refractivity contribution is 5.82. The number of urea groups is 1. The second-order valence-electron chi connectivity index (χ2n) is 5.78. The molecular formula is C13H24N2O3. The third kappa shape index (κ3) is 4.20. The average molecular weight is 256 g/mol. The van der Waals surface area contributed by atoms with Crippen LogP contribution in [0, 0.1) is 5.41 Å². The summed E-state index contributed by atoms with van der Waals surface area (Å²) in [5.74, 6) is -0.956. The number of hydrogen-bond donors (Lipinski definition) is 2. The van der Waals surface area contributed by atoms with Crippen LogP contribution in [0.15, 0.2) is 0 Å². The molecule has 0 spiro atoms. The summed E-state index contributed by atoms with van der Waals surface area (Å²) in [6, 6.07) is -1.01. The minimum atomic E-state index is -0.956. The fraction of sp³-hybridized carbons (Fsp3) is 0.846. The molecule has 1 heterocycles. The van der Waals surface area contributed by atoms with E-state index in [0.717, 1.165) is 19.3 Å². The Morgan fingerprint density at radius 1 is 1.33 bits per heavy atom. The minimum Gasteiger partial charge on any atom is -0.480 e. The summed E-state index contributed by atoms with van der Waals surface area (Å²) in [4.78, 5) is 24.6. The zero-order valence-electron chi connectivity index (χ0n) is 11.5. The van der Waals surface area contributed by atoms with E-state index in [-0.39, 0.29) is 11.4 Å². The van der Waals surface area contributed by atoms with Crippen molar-refractivity contribution < 1.29 is 14.7 Å². The average Bonchev–Trinajstić information content (AvgIpc) is 2.28. The van der Waals surface area contributed by atoms with E-state index >= 15 is 0 Å². The lowest BCUT2D eigenvalue weighted by molar-refractivity contribution is -0.139. The summed E-state index contributed by atoms with van der Waals surface area (Å²) in [5, 5.41) is 11.6. The molecule has 5 nitrogen and oxygen atoms in total. The van der Waals surface area contributed by atoms with Crippen molar-refractivity contribution >= 4 is 12.0 Å². The Balaban J connectivity index is 2.47. The molecule has 0 aromatic carbocycles. The molecule has 18 heavy (non-hydrogen) atoms. The lowest BCUT2D eigenvalue weighted by Crippen LogP contribution is -2.51. The van der Waals surface area contributed by atoms with E-state index < -0.39 is 12.0 Å². The molecule has 0 saturated carbocycles. The third-order valence-corrected chi connectivity index (χ3v) is 3.58. The molecule has 0 unspecified atom stereocenters. The van der Waals surface area contributed by atoms with E-state index in [0.29, 0.717) is 19.5 Å². The predicted octanol–water partition coefficient (Wildman–Crippen LogP) is 2.07. The van der Waals surface area contributed by atoms with Crippen LogP contribution in [-0.2, 0) is 4.79 Å². The van der Waals surface area contributed by atoms with Crippen molar-refractivity contribution in [3.8, 4) is 0 Å². The van der Waals surface area contributed by atoms with E-state index in [9.17, 15) is 9.59 Å². The number of amides is 2. The van der Waals surface area contributed by atoms with Crippen molar-refractivity contribution in [1.29, 1.82) is 0 Å². The number of carboxylic acid groups (broad SMARTS) is 1. The minimum absolute atomic E-state index is 0.244. The maximum atomic E-state index is 12.0. The van der Waals surface area contributed by atoms with Gasteiger partial charge < -0.3 is 15.3 Å². The number of aliphatic carboxylic acids is 1. The van der Waals surface area contributed by atoms with Crippen LogP contribution in [0.2, 0.25) is 0 Å². The van der Waals surface area contributed by atoms with Gasteiger partial charge in [-0.15, -0.1) is 0 Å². The first-order valence-corrected chi connectivity index (χ1v) is 6.64. The van der Waals surface area contributed by atoms with Crippen molar-refractivity contribution in [3.05, 3.63) is 0 Å². The van der Waals surface area contributed by atoms with Crippen molar-refractivity contribution in [2.75, 3.05) is 13.1 Å². The van der Waals surface area contributed by atoms with Crippen molar-refractivity contribution in [2.24, 2.45) is 5.41 Å². The molecule has 1 aliphatic heterocycles. The molecule has 2 N–H and O–H groups in total. The summed E-state index contributed by atoms with van der Waals surface area (Å²) in [7, 11) is 0. The molecule has 2 amide bonds. The van der Waals surface area contributed by atoms with E-state index in [1.165, 1.54) is 0 Å². The van der Waals surface area contributed by atoms with Gasteiger partial charge in [0.1, 0.15) is 6.04 Å². The highest BCUT2D eigenvalue weighted by Gasteiger charge is 2.29. The largest absolute Gasteiger partial charge is 0.480 e. The van der Waals surface area contributed by atoms with Gasteiger partial charge in [0.05, 0.1) is 0 Å². The first-order chi connectivity index (χ1) is 8.35. The standard InChI is InChI=1S/C13H24N2O3/c1-4-5-10(11(16)17)14-12(18)15-8-6-13(2,3)7-9-15/h10H,4-9H2,1-3H3,(H,14,18)(H,16,17)/t10-/m1/s1. The molecular weight excluding hydrogens is 232 g/mol. The van der Waals surface area contributed by atoms with Gasteiger partial charge in [-0.05, 0) is 24.7 Å². The number of nitrogens with one attached hydrogen (secondary N) is 1. The van der Waals surface area contributed by atoms with Gasteiger partial charge >= 0.3 is 12.0 Å². The molecule has 5 heteroatoms. The lowest BCUT2D eigenvalue weighted by Gasteiger charge is -2.37. The quantitative estimate of drug-likeness (QED) is 0.809. The van der Waals surface area contributed by atoms with Crippen LogP contribution in [0.4, 0.5) is 4.79 Å². The second-order valence-corrected chi connectivity index (χ2v) is 5.78. The van der Waals surface area contributed by atoms with Gasteiger partial charge in [-0.25, -0.2) is 9.59 Å². The number of nitrogens with zero attached hydrogens (tertiary/aromatic N) is 1. The van der Waals surface area contributed by atoms with Gasteiger partial charge in [0, 0.05) is 13.1 Å². The molecule has 1 fully saturated rings. The smallest absolute Gasteiger partial charge is 0.326 e. The molecule has 0 bridgehead atoms. The Morgan fingerprint density at radius 3 is 2.33 bits per heavy atom. The normalized spacial score (nSPS) is 20.3. The Morgan fingerprint density at radius 2 is 1.89 bits per heavy atom. The summed E-state index contributed by atoms with van der Waals surface area (Å²) in [6.45, 7) is 7.71. The first kappa shape index (κ1) is 14.8. The number of carbonyl (C=O) groups is 2. The van der Waals surface area contributed by atoms with Gasteiger partial charge in [0.2, 0.25) is 0 Å². The maximum absolute atomic E-state index is 12.0. The highest BCUT2D eigenvalue weighted by Crippen LogP contribution is 2.29. The summed E-state index contributed by atoms with van der Waals surface area (Å²) in [6.07, 6.45) is 3.14. The lowest BCUT2D eigenvalue weighted by atomic mass is 9.83. The number of likely N-dealkylation sites (tertiary alicyclic amines) is 1. The van der Waals surface area contributed by atoms with Gasteiger partial charge in [0.25, 0.3) is 0 Å². The molecule has 104 valence electrons. The second kappa shape index (κ2) is 6.07. The zero-order chi connectivity index (χ0) is 13.8. The number of carboxylic acids is 1. The van der Waals surface area contributed by atoms with Crippen molar-refractivity contribution in [2.45, 2.75) is 52.5 Å². The number of carbonyl (C=O) groups excluding carboxylic acids is 1. The molecule has 1 rings (SSSR count). The Labute approximate surface area is 109 Å². The molecule has 0 radical (unpaired) electrons. The van der Waals surface area contributed by atoms with E-state index in [2.05, 4.69) is 19.2 Å². The predicted molar refractivity (Wildman–Crippen MR) is 69.5 cm³/mol. The molecule has 1 aliphatic rings. The molecule has 0 aliphatic carbocycles. The maximum Gasteiger partial charge on any atom is 0.326 e. The number of piperidine rings is 1. The summed E-state index contributed by atoms with van der Waals surface area (Å²) in [5.41, 5.74) is 0.284. The number of rotatable bonds is 4. The molecule has 1 atom stereocenters. The van der Waals surface area contributed by atoms with Gasteiger partial charge in [0.15, 0.2) is 0 Å². The van der Waals surface area contributed by atoms with Crippen LogP contribution >= 0.6 is 0 Å². The van der Waals surface area contributed by atoms with Crippen LogP contribution in [0.25, 0.3) is 0 Å². The van der Waals surface area contributed by atoms with E-state index in [4.69, 9.17) is 5.11 Å².